The average molecular weight is 438 g/mol. The summed E-state index contributed by atoms with van der Waals surface area (Å²) in [6.07, 6.45) is -4.46. The van der Waals surface area contributed by atoms with Crippen molar-refractivity contribution in [3.05, 3.63) is 76.1 Å². The van der Waals surface area contributed by atoms with Crippen LogP contribution < -0.4 is 10.1 Å². The molecular formula is C21H19ClF3N3O2. The Labute approximate surface area is 176 Å². The quantitative estimate of drug-likeness (QED) is 0.562. The highest BCUT2D eigenvalue weighted by Gasteiger charge is 2.28. The summed E-state index contributed by atoms with van der Waals surface area (Å²) in [7, 11) is 0. The molecule has 0 atom stereocenters. The van der Waals surface area contributed by atoms with E-state index in [1.807, 2.05) is 25.1 Å². The summed E-state index contributed by atoms with van der Waals surface area (Å²) < 4.78 is 43.5. The zero-order valence-electron chi connectivity index (χ0n) is 16.3. The van der Waals surface area contributed by atoms with Gasteiger partial charge in [-0.2, -0.15) is 18.3 Å². The number of benzene rings is 2. The maximum atomic E-state index is 12.6. The summed E-state index contributed by atoms with van der Waals surface area (Å²) in [6.45, 7) is 2.58. The maximum absolute atomic E-state index is 12.6. The molecule has 5 nitrogen and oxygen atoms in total. The van der Waals surface area contributed by atoms with Crippen molar-refractivity contribution in [3.63, 3.8) is 0 Å². The van der Waals surface area contributed by atoms with Crippen LogP contribution in [0.15, 0.2) is 48.5 Å². The molecule has 0 aliphatic heterocycles. The number of carbonyl (C=O) groups excluding carboxylic acids is 1. The van der Waals surface area contributed by atoms with Crippen LogP contribution >= 0.6 is 11.6 Å². The van der Waals surface area contributed by atoms with Gasteiger partial charge in [-0.1, -0.05) is 35.9 Å². The van der Waals surface area contributed by atoms with Crippen LogP contribution in [-0.2, 0) is 6.54 Å². The van der Waals surface area contributed by atoms with Gasteiger partial charge in [0.05, 0.1) is 23.6 Å². The number of aromatic nitrogens is 2. The lowest BCUT2D eigenvalue weighted by molar-refractivity contribution is -0.153. The van der Waals surface area contributed by atoms with E-state index >= 15 is 0 Å². The van der Waals surface area contributed by atoms with E-state index in [1.54, 1.807) is 17.7 Å². The van der Waals surface area contributed by atoms with Crippen LogP contribution in [0.4, 0.5) is 18.9 Å². The number of nitrogens with one attached hydrogen (secondary N) is 1. The van der Waals surface area contributed by atoms with E-state index in [-0.39, 0.29) is 11.3 Å². The minimum absolute atomic E-state index is 0.0390. The molecule has 30 heavy (non-hydrogen) atoms. The van der Waals surface area contributed by atoms with Crippen LogP contribution in [0.1, 0.15) is 27.3 Å². The van der Waals surface area contributed by atoms with Crippen molar-refractivity contribution in [1.29, 1.82) is 0 Å². The summed E-state index contributed by atoms with van der Waals surface area (Å²) in [6, 6.07) is 13.0. The topological polar surface area (TPSA) is 56.2 Å². The minimum atomic E-state index is -4.46. The summed E-state index contributed by atoms with van der Waals surface area (Å²) >= 11 is 6.21. The third-order valence-electron chi connectivity index (χ3n) is 4.40. The number of nitrogens with zero attached hydrogens (tertiary/aromatic N) is 2. The fourth-order valence-corrected chi connectivity index (χ4v) is 3.09. The Morgan fingerprint density at radius 1 is 1.17 bits per heavy atom. The van der Waals surface area contributed by atoms with Gasteiger partial charge in [-0.3, -0.25) is 9.48 Å². The highest BCUT2D eigenvalue weighted by atomic mass is 35.5. The van der Waals surface area contributed by atoms with Gasteiger partial charge in [-0.25, -0.2) is 0 Å². The first-order valence-electron chi connectivity index (χ1n) is 9.02. The summed E-state index contributed by atoms with van der Waals surface area (Å²) in [5.74, 6) is -0.515. The van der Waals surface area contributed by atoms with Gasteiger partial charge < -0.3 is 10.1 Å². The molecule has 1 heterocycles. The highest BCUT2D eigenvalue weighted by Crippen LogP contribution is 2.24. The number of hydrogen-bond donors (Lipinski definition) is 1. The van der Waals surface area contributed by atoms with Gasteiger partial charge in [-0.05, 0) is 43.7 Å². The molecule has 158 valence electrons. The fourth-order valence-electron chi connectivity index (χ4n) is 2.90. The van der Waals surface area contributed by atoms with Gasteiger partial charge in [0.25, 0.3) is 5.91 Å². The second-order valence-corrected chi connectivity index (χ2v) is 7.09. The molecule has 1 N–H and O–H groups in total. The van der Waals surface area contributed by atoms with Crippen molar-refractivity contribution < 1.29 is 22.7 Å². The number of hydrogen-bond acceptors (Lipinski definition) is 3. The van der Waals surface area contributed by atoms with Crippen LogP contribution in [0.2, 0.25) is 5.02 Å². The molecule has 0 unspecified atom stereocenters. The minimum Gasteiger partial charge on any atom is -0.484 e. The largest absolute Gasteiger partial charge is 0.484 e. The monoisotopic (exact) mass is 437 g/mol. The predicted molar refractivity (Wildman–Crippen MR) is 108 cm³/mol. The van der Waals surface area contributed by atoms with E-state index in [0.29, 0.717) is 22.9 Å². The number of amides is 1. The smallest absolute Gasteiger partial charge is 0.422 e. The van der Waals surface area contributed by atoms with Crippen LogP contribution in [-0.4, -0.2) is 28.5 Å². The Bertz CT molecular complexity index is 1060. The molecule has 3 aromatic rings. The summed E-state index contributed by atoms with van der Waals surface area (Å²) in [5.41, 5.74) is 2.93. The summed E-state index contributed by atoms with van der Waals surface area (Å²) in [4.78, 5) is 12.6. The Morgan fingerprint density at radius 2 is 1.90 bits per heavy atom. The SMILES string of the molecule is Cc1nn(Cc2ccccc2Cl)c(C)c1NC(=O)c1cccc(OCC(F)(F)F)c1. The number of ether oxygens (including phenoxy) is 1. The van der Waals surface area contributed by atoms with Crippen molar-refractivity contribution >= 4 is 23.2 Å². The van der Waals surface area contributed by atoms with E-state index in [0.717, 1.165) is 11.3 Å². The molecule has 0 saturated carbocycles. The first kappa shape index (κ1) is 21.7. The molecule has 3 rings (SSSR count). The molecule has 1 amide bonds. The molecule has 9 heteroatoms. The first-order chi connectivity index (χ1) is 14.1. The van der Waals surface area contributed by atoms with E-state index in [9.17, 15) is 18.0 Å². The van der Waals surface area contributed by atoms with E-state index < -0.39 is 18.7 Å². The van der Waals surface area contributed by atoms with Crippen LogP contribution in [0.3, 0.4) is 0 Å². The number of anilines is 1. The lowest BCUT2D eigenvalue weighted by atomic mass is 10.2. The Balaban J connectivity index is 1.76. The van der Waals surface area contributed by atoms with Crippen LogP contribution in [0, 0.1) is 13.8 Å². The van der Waals surface area contributed by atoms with Gasteiger partial charge in [0, 0.05) is 10.6 Å². The third kappa shape index (κ3) is 5.33. The molecule has 0 spiro atoms. The third-order valence-corrected chi connectivity index (χ3v) is 4.77. The molecule has 0 saturated heterocycles. The van der Waals surface area contributed by atoms with Crippen molar-refractivity contribution in [3.8, 4) is 5.75 Å². The number of alkyl halides is 3. The van der Waals surface area contributed by atoms with Crippen molar-refractivity contribution in [2.24, 2.45) is 0 Å². The first-order valence-corrected chi connectivity index (χ1v) is 9.40. The van der Waals surface area contributed by atoms with Gasteiger partial charge in [0.15, 0.2) is 6.61 Å². The van der Waals surface area contributed by atoms with Crippen LogP contribution in [0.5, 0.6) is 5.75 Å². The Kier molecular flexibility index (Phi) is 6.36. The maximum Gasteiger partial charge on any atom is 0.422 e. The van der Waals surface area contributed by atoms with E-state index in [1.165, 1.54) is 24.3 Å². The lowest BCUT2D eigenvalue weighted by Gasteiger charge is -2.11. The Morgan fingerprint density at radius 3 is 2.60 bits per heavy atom. The van der Waals surface area contributed by atoms with E-state index in [4.69, 9.17) is 16.3 Å². The number of halogens is 4. The standard InChI is InChI=1S/C21H19ClF3N3O2/c1-13-19(14(2)28(27-13)11-16-6-3-4-9-18(16)22)26-20(29)15-7-5-8-17(10-15)30-12-21(23,24)25/h3-10H,11-12H2,1-2H3,(H,26,29). The normalized spacial score (nSPS) is 11.4. The molecule has 1 aromatic heterocycles. The van der Waals surface area contributed by atoms with Gasteiger partial charge in [-0.15, -0.1) is 0 Å². The average Bonchev–Trinajstić information content (AvgIpc) is 2.95. The van der Waals surface area contributed by atoms with Gasteiger partial charge in [0.1, 0.15) is 5.75 Å². The molecule has 0 fully saturated rings. The second kappa shape index (κ2) is 8.79. The molecular weight excluding hydrogens is 419 g/mol. The molecule has 0 aliphatic carbocycles. The van der Waals surface area contributed by atoms with Gasteiger partial charge >= 0.3 is 6.18 Å². The van der Waals surface area contributed by atoms with Crippen LogP contribution in [0.25, 0.3) is 0 Å². The lowest BCUT2D eigenvalue weighted by Crippen LogP contribution is -2.19. The molecule has 0 bridgehead atoms. The number of aryl methyl sites for hydroxylation is 1. The van der Waals surface area contributed by atoms with Crippen molar-refractivity contribution in [2.75, 3.05) is 11.9 Å². The fraction of sp³-hybridized carbons (Fsp3) is 0.238. The van der Waals surface area contributed by atoms with Crippen molar-refractivity contribution in [2.45, 2.75) is 26.6 Å². The molecule has 0 radical (unpaired) electrons. The summed E-state index contributed by atoms with van der Waals surface area (Å²) in [5, 5.41) is 7.86. The van der Waals surface area contributed by atoms with Crippen molar-refractivity contribution in [1.82, 2.24) is 9.78 Å². The molecule has 2 aromatic carbocycles. The Hall–Kier alpha value is -3.00. The second-order valence-electron chi connectivity index (χ2n) is 6.68. The van der Waals surface area contributed by atoms with E-state index in [2.05, 4.69) is 10.4 Å². The number of carbonyl (C=O) groups is 1. The zero-order valence-corrected chi connectivity index (χ0v) is 17.0. The highest BCUT2D eigenvalue weighted by molar-refractivity contribution is 6.31. The predicted octanol–water partition coefficient (Wildman–Crippen LogP) is 5.40. The zero-order chi connectivity index (χ0) is 21.9. The number of rotatable bonds is 6. The van der Waals surface area contributed by atoms with Gasteiger partial charge in [0.2, 0.25) is 0 Å². The molecule has 0 aliphatic rings.